The average Bonchev–Trinajstić information content (AvgIpc) is 3.26. The molecule has 0 radical (unpaired) electrons. The van der Waals surface area contributed by atoms with Gasteiger partial charge in [-0.25, -0.2) is 0 Å². The molecule has 0 bridgehead atoms. The highest BCUT2D eigenvalue weighted by molar-refractivity contribution is 5.76. The lowest BCUT2D eigenvalue weighted by Gasteiger charge is -2.22. The number of nitrogens with one attached hydrogen (secondary N) is 1. The van der Waals surface area contributed by atoms with Gasteiger partial charge in [-0.05, 0) is 64.2 Å². The Labute approximate surface area is 380 Å². The zero-order valence-corrected chi connectivity index (χ0v) is 40.7. The molecule has 0 aliphatic heterocycles. The SMILES string of the molecule is CC/C=C\C/C=C\C/C=C\C/C=C\C/C=C\C/C=C\CCCCC(=O)NC(CO)C(O)CCCCCCCCCCCCCCCCCCCCCCCCCCCCCC. The minimum atomic E-state index is -0.683. The van der Waals surface area contributed by atoms with E-state index in [1.54, 1.807) is 0 Å². The van der Waals surface area contributed by atoms with Crippen molar-refractivity contribution in [2.24, 2.45) is 0 Å². The van der Waals surface area contributed by atoms with Crippen LogP contribution in [0.5, 0.6) is 0 Å². The first-order valence-corrected chi connectivity index (χ1v) is 26.6. The summed E-state index contributed by atoms with van der Waals surface area (Å²) < 4.78 is 0. The van der Waals surface area contributed by atoms with Gasteiger partial charge in [0.2, 0.25) is 5.91 Å². The van der Waals surface area contributed by atoms with E-state index in [2.05, 4.69) is 92.1 Å². The number of amides is 1. The predicted molar refractivity (Wildman–Crippen MR) is 271 cm³/mol. The standard InChI is InChI=1S/C57H103NO3/c1-3-5-7-9-11-13-15-17-19-21-23-25-26-27-28-29-30-31-33-34-36-38-40-42-44-46-48-50-52-56(60)55(54-59)58-57(61)53-51-49-47-45-43-41-39-37-35-32-24-22-20-18-16-14-12-10-8-6-4-2/h6,8,12,14,18,20,24,32,37,39,43,45,55-56,59-60H,3-5,7,9-11,13,15-17,19,21-23,25-31,33-36,38,40-42,44,46-54H2,1-2H3,(H,58,61)/b8-6-,14-12-,20-18-,32-24-,39-37-,45-43-. The third kappa shape index (κ3) is 48.7. The highest BCUT2D eigenvalue weighted by Gasteiger charge is 2.20. The molecule has 0 fully saturated rings. The number of aliphatic hydroxyl groups is 2. The number of hydrogen-bond acceptors (Lipinski definition) is 3. The fraction of sp³-hybridized carbons (Fsp3) is 0.772. The molecule has 2 unspecified atom stereocenters. The van der Waals surface area contributed by atoms with Gasteiger partial charge >= 0.3 is 0 Å². The van der Waals surface area contributed by atoms with Gasteiger partial charge in [0.05, 0.1) is 18.8 Å². The summed E-state index contributed by atoms with van der Waals surface area (Å²) in [5.41, 5.74) is 0. The van der Waals surface area contributed by atoms with Gasteiger partial charge in [-0.2, -0.15) is 0 Å². The van der Waals surface area contributed by atoms with E-state index in [-0.39, 0.29) is 12.5 Å². The van der Waals surface area contributed by atoms with Gasteiger partial charge in [-0.15, -0.1) is 0 Å². The van der Waals surface area contributed by atoms with Crippen molar-refractivity contribution in [3.05, 3.63) is 72.9 Å². The van der Waals surface area contributed by atoms with Crippen LogP contribution in [-0.2, 0) is 4.79 Å². The summed E-state index contributed by atoms with van der Waals surface area (Å²) in [6, 6.07) is -0.565. The van der Waals surface area contributed by atoms with Crippen LogP contribution in [-0.4, -0.2) is 34.9 Å². The molecule has 0 saturated heterocycles. The van der Waals surface area contributed by atoms with Gasteiger partial charge in [-0.3, -0.25) is 4.79 Å². The number of unbranched alkanes of at least 4 members (excludes halogenated alkanes) is 29. The summed E-state index contributed by atoms with van der Waals surface area (Å²) in [4.78, 5) is 12.4. The molecule has 354 valence electrons. The third-order valence-corrected chi connectivity index (χ3v) is 12.0. The van der Waals surface area contributed by atoms with E-state index < -0.39 is 12.1 Å². The summed E-state index contributed by atoms with van der Waals surface area (Å²) in [6.07, 6.45) is 74.5. The number of rotatable bonds is 48. The Kier molecular flexibility index (Phi) is 50.3. The first kappa shape index (κ1) is 58.8. The van der Waals surface area contributed by atoms with E-state index in [0.717, 1.165) is 70.6 Å². The molecular formula is C57H103NO3. The molecule has 4 heteroatoms. The molecule has 61 heavy (non-hydrogen) atoms. The van der Waals surface area contributed by atoms with Gasteiger partial charge in [0.25, 0.3) is 0 Å². The van der Waals surface area contributed by atoms with Gasteiger partial charge < -0.3 is 15.5 Å². The van der Waals surface area contributed by atoms with E-state index in [1.165, 1.54) is 167 Å². The first-order valence-electron chi connectivity index (χ1n) is 26.6. The highest BCUT2D eigenvalue weighted by Crippen LogP contribution is 2.17. The van der Waals surface area contributed by atoms with Crippen molar-refractivity contribution in [1.82, 2.24) is 5.32 Å². The monoisotopic (exact) mass is 850 g/mol. The molecule has 0 aliphatic rings. The van der Waals surface area contributed by atoms with Crippen LogP contribution in [0.1, 0.15) is 264 Å². The van der Waals surface area contributed by atoms with Crippen LogP contribution in [0, 0.1) is 0 Å². The smallest absolute Gasteiger partial charge is 0.220 e. The zero-order chi connectivity index (χ0) is 44.2. The van der Waals surface area contributed by atoms with Crippen LogP contribution in [0.3, 0.4) is 0 Å². The Balaban J connectivity index is 3.54. The summed E-state index contributed by atoms with van der Waals surface area (Å²) >= 11 is 0. The fourth-order valence-corrected chi connectivity index (χ4v) is 7.95. The van der Waals surface area contributed by atoms with Crippen LogP contribution in [0.4, 0.5) is 0 Å². The van der Waals surface area contributed by atoms with E-state index in [9.17, 15) is 15.0 Å². The summed E-state index contributed by atoms with van der Waals surface area (Å²) in [7, 11) is 0. The van der Waals surface area contributed by atoms with Crippen LogP contribution in [0.25, 0.3) is 0 Å². The fourth-order valence-electron chi connectivity index (χ4n) is 7.95. The molecule has 0 aromatic heterocycles. The largest absolute Gasteiger partial charge is 0.394 e. The van der Waals surface area contributed by atoms with Crippen molar-refractivity contribution >= 4 is 5.91 Å². The molecule has 1 amide bonds. The zero-order valence-electron chi connectivity index (χ0n) is 40.7. The Morgan fingerprint density at radius 3 is 1.05 bits per heavy atom. The Morgan fingerprint density at radius 1 is 0.410 bits per heavy atom. The number of allylic oxidation sites excluding steroid dienone is 12. The maximum atomic E-state index is 12.4. The van der Waals surface area contributed by atoms with Crippen molar-refractivity contribution in [2.45, 2.75) is 276 Å². The van der Waals surface area contributed by atoms with E-state index in [0.29, 0.717) is 12.8 Å². The van der Waals surface area contributed by atoms with Gasteiger partial charge in [0.15, 0.2) is 0 Å². The molecule has 0 aliphatic carbocycles. The quantitative estimate of drug-likeness (QED) is 0.0422. The van der Waals surface area contributed by atoms with E-state index in [1.807, 2.05) is 0 Å². The van der Waals surface area contributed by atoms with Crippen molar-refractivity contribution < 1.29 is 15.0 Å². The minimum absolute atomic E-state index is 0.0729. The van der Waals surface area contributed by atoms with Crippen molar-refractivity contribution in [3.8, 4) is 0 Å². The van der Waals surface area contributed by atoms with E-state index in [4.69, 9.17) is 0 Å². The Morgan fingerprint density at radius 2 is 0.721 bits per heavy atom. The molecular weight excluding hydrogens is 747 g/mol. The second-order valence-corrected chi connectivity index (χ2v) is 17.9. The Bertz CT molecular complexity index is 1050. The minimum Gasteiger partial charge on any atom is -0.394 e. The highest BCUT2D eigenvalue weighted by atomic mass is 16.3. The lowest BCUT2D eigenvalue weighted by atomic mass is 10.0. The van der Waals surface area contributed by atoms with E-state index >= 15 is 0 Å². The van der Waals surface area contributed by atoms with Gasteiger partial charge in [0.1, 0.15) is 0 Å². The molecule has 2 atom stereocenters. The second-order valence-electron chi connectivity index (χ2n) is 17.9. The molecule has 0 aromatic rings. The summed E-state index contributed by atoms with van der Waals surface area (Å²) in [5.74, 6) is -0.0729. The van der Waals surface area contributed by atoms with Gasteiger partial charge in [0, 0.05) is 6.42 Å². The number of carbonyl (C=O) groups is 1. The van der Waals surface area contributed by atoms with Crippen molar-refractivity contribution in [3.63, 3.8) is 0 Å². The molecule has 0 rings (SSSR count). The molecule has 0 saturated carbocycles. The van der Waals surface area contributed by atoms with Crippen LogP contribution in [0.15, 0.2) is 72.9 Å². The lowest BCUT2D eigenvalue weighted by molar-refractivity contribution is -0.123. The topological polar surface area (TPSA) is 69.6 Å². The van der Waals surface area contributed by atoms with Crippen LogP contribution < -0.4 is 5.32 Å². The van der Waals surface area contributed by atoms with Crippen molar-refractivity contribution in [2.75, 3.05) is 6.61 Å². The normalized spacial score (nSPS) is 13.4. The predicted octanol–water partition coefficient (Wildman–Crippen LogP) is 17.4. The molecule has 3 N–H and O–H groups in total. The first-order chi connectivity index (χ1) is 30.2. The van der Waals surface area contributed by atoms with Crippen molar-refractivity contribution in [1.29, 1.82) is 0 Å². The Hall–Kier alpha value is -2.17. The molecule has 0 spiro atoms. The number of carbonyl (C=O) groups excluding carboxylic acids is 1. The second kappa shape index (κ2) is 52.2. The third-order valence-electron chi connectivity index (χ3n) is 12.0. The summed E-state index contributed by atoms with van der Waals surface area (Å²) in [6.45, 7) is 4.24. The van der Waals surface area contributed by atoms with Gasteiger partial charge in [-0.1, -0.05) is 267 Å². The summed E-state index contributed by atoms with van der Waals surface area (Å²) in [5, 5.41) is 23.3. The number of hydrogen-bond donors (Lipinski definition) is 3. The maximum absolute atomic E-state index is 12.4. The molecule has 0 heterocycles. The molecule has 0 aromatic carbocycles. The average molecular weight is 850 g/mol. The lowest BCUT2D eigenvalue weighted by Crippen LogP contribution is -2.45. The molecule has 4 nitrogen and oxygen atoms in total. The van der Waals surface area contributed by atoms with Crippen LogP contribution in [0.2, 0.25) is 0 Å². The maximum Gasteiger partial charge on any atom is 0.220 e. The van der Waals surface area contributed by atoms with Crippen LogP contribution >= 0.6 is 0 Å². The number of aliphatic hydroxyl groups excluding tert-OH is 2.